The van der Waals surface area contributed by atoms with Gasteiger partial charge in [-0.1, -0.05) is 0 Å². The number of anilines is 1. The lowest BCUT2D eigenvalue weighted by molar-refractivity contribution is -0.120. The van der Waals surface area contributed by atoms with Gasteiger partial charge in [0.15, 0.2) is 0 Å². The Labute approximate surface area is 167 Å². The number of nitrogen functional groups attached to an aromatic ring is 1. The van der Waals surface area contributed by atoms with Crippen LogP contribution in [0.3, 0.4) is 0 Å². The number of hydrogen-bond donors (Lipinski definition) is 4. The van der Waals surface area contributed by atoms with Crippen molar-refractivity contribution in [3.63, 3.8) is 0 Å². The molecule has 0 unspecified atom stereocenters. The van der Waals surface area contributed by atoms with E-state index in [0.29, 0.717) is 10.7 Å². The number of nitrogens with two attached hydrogens (primary N) is 1. The lowest BCUT2D eigenvalue weighted by atomic mass is 10.1. The van der Waals surface area contributed by atoms with Crippen molar-refractivity contribution < 1.29 is 19.5 Å². The van der Waals surface area contributed by atoms with E-state index in [0.717, 1.165) is 0 Å². The van der Waals surface area contributed by atoms with E-state index in [4.69, 9.17) is 5.73 Å². The number of carboxylic acid groups (broad SMARTS) is 1. The van der Waals surface area contributed by atoms with Gasteiger partial charge in [0.05, 0.1) is 24.0 Å². The molecule has 0 bridgehead atoms. The first-order chi connectivity index (χ1) is 10.2. The summed E-state index contributed by atoms with van der Waals surface area (Å²) in [4.78, 5) is 34.8. The number of hydrogen-bond acceptors (Lipinski definition) is 4. The van der Waals surface area contributed by atoms with Gasteiger partial charge in [0.25, 0.3) is 5.91 Å². The van der Waals surface area contributed by atoms with Crippen LogP contribution in [0.2, 0.25) is 0 Å². The van der Waals surface area contributed by atoms with E-state index in [9.17, 15) is 19.5 Å². The van der Waals surface area contributed by atoms with Crippen molar-refractivity contribution >= 4 is 91.2 Å². The summed E-state index contributed by atoms with van der Waals surface area (Å²) in [6.07, 6.45) is 0.140. The molecular formula is C12H12I3N3O4. The number of nitrogens with one attached hydrogen (secondary N) is 2. The van der Waals surface area contributed by atoms with E-state index in [-0.39, 0.29) is 35.7 Å². The van der Waals surface area contributed by atoms with E-state index in [1.807, 2.05) is 67.8 Å². The smallest absolute Gasteiger partial charge is 0.337 e. The molecule has 0 aromatic heterocycles. The molecule has 1 aromatic rings. The van der Waals surface area contributed by atoms with E-state index in [2.05, 4.69) is 10.6 Å². The van der Waals surface area contributed by atoms with Crippen LogP contribution in [0, 0.1) is 10.7 Å². The van der Waals surface area contributed by atoms with Gasteiger partial charge in [0.2, 0.25) is 5.91 Å². The highest BCUT2D eigenvalue weighted by molar-refractivity contribution is 14.1. The van der Waals surface area contributed by atoms with Crippen LogP contribution in [-0.2, 0) is 4.79 Å². The molecule has 0 heterocycles. The van der Waals surface area contributed by atoms with E-state index >= 15 is 0 Å². The third kappa shape index (κ3) is 4.33. The van der Waals surface area contributed by atoms with Crippen LogP contribution in [-0.4, -0.2) is 36.5 Å². The molecule has 0 saturated carbocycles. The maximum absolute atomic E-state index is 12.3. The molecule has 10 heteroatoms. The maximum Gasteiger partial charge on any atom is 0.337 e. The fourth-order valence-corrected chi connectivity index (χ4v) is 5.69. The Morgan fingerprint density at radius 3 is 2.14 bits per heavy atom. The Hall–Kier alpha value is -0.380. The lowest BCUT2D eigenvalue weighted by Crippen LogP contribution is -2.31. The molecule has 0 aliphatic carbocycles. The Morgan fingerprint density at radius 2 is 1.64 bits per heavy atom. The summed E-state index contributed by atoms with van der Waals surface area (Å²) in [7, 11) is 1.51. The minimum atomic E-state index is -1.14. The van der Waals surface area contributed by atoms with Crippen molar-refractivity contribution in [3.05, 3.63) is 21.8 Å². The molecule has 1 aromatic carbocycles. The van der Waals surface area contributed by atoms with Gasteiger partial charge in [-0.3, -0.25) is 9.59 Å². The monoisotopic (exact) mass is 643 g/mol. The summed E-state index contributed by atoms with van der Waals surface area (Å²) in [5.74, 6) is -1.79. The fourth-order valence-electron chi connectivity index (χ4n) is 1.57. The van der Waals surface area contributed by atoms with Gasteiger partial charge in [0.1, 0.15) is 0 Å². The molecule has 2 amide bonds. The predicted octanol–water partition coefficient (Wildman–Crippen LogP) is 1.65. The van der Waals surface area contributed by atoms with Gasteiger partial charge in [-0.15, -0.1) is 0 Å². The second-order valence-corrected chi connectivity index (χ2v) is 7.33. The van der Waals surface area contributed by atoms with E-state index in [1.54, 1.807) is 0 Å². The number of amides is 2. The minimum Gasteiger partial charge on any atom is -0.478 e. The first-order valence-corrected chi connectivity index (χ1v) is 9.13. The highest BCUT2D eigenvalue weighted by Crippen LogP contribution is 2.33. The molecular weight excluding hydrogens is 631 g/mol. The number of aromatic carboxylic acids is 1. The quantitative estimate of drug-likeness (QED) is 0.288. The van der Waals surface area contributed by atoms with Gasteiger partial charge in [0, 0.05) is 23.6 Å². The molecule has 0 saturated heterocycles. The lowest BCUT2D eigenvalue weighted by Gasteiger charge is -2.15. The first kappa shape index (κ1) is 19.7. The van der Waals surface area contributed by atoms with Crippen LogP contribution < -0.4 is 16.4 Å². The summed E-state index contributed by atoms with van der Waals surface area (Å²) >= 11 is 5.60. The fraction of sp³-hybridized carbons (Fsp3) is 0.250. The topological polar surface area (TPSA) is 122 Å². The Kier molecular flexibility index (Phi) is 7.57. The Morgan fingerprint density at radius 1 is 1.09 bits per heavy atom. The van der Waals surface area contributed by atoms with Gasteiger partial charge < -0.3 is 21.5 Å². The van der Waals surface area contributed by atoms with Crippen molar-refractivity contribution in [2.45, 2.75) is 6.42 Å². The molecule has 0 fully saturated rings. The molecule has 7 nitrogen and oxygen atoms in total. The third-order valence-corrected chi connectivity index (χ3v) is 6.03. The van der Waals surface area contributed by atoms with E-state index in [1.165, 1.54) is 7.05 Å². The van der Waals surface area contributed by atoms with Crippen LogP contribution in [0.25, 0.3) is 0 Å². The summed E-state index contributed by atoms with van der Waals surface area (Å²) in [5, 5.41) is 14.3. The average molecular weight is 643 g/mol. The number of benzene rings is 1. The Balaban J connectivity index is 3.16. The average Bonchev–Trinajstić information content (AvgIpc) is 2.44. The minimum absolute atomic E-state index is 0.00978. The van der Waals surface area contributed by atoms with Crippen LogP contribution in [0.4, 0.5) is 5.69 Å². The zero-order chi connectivity index (χ0) is 17.0. The summed E-state index contributed by atoms with van der Waals surface area (Å²) in [6.45, 7) is 0.152. The third-order valence-electron chi connectivity index (χ3n) is 2.71. The largest absolute Gasteiger partial charge is 0.478 e. The molecule has 0 aliphatic heterocycles. The molecule has 0 atom stereocenters. The molecule has 22 heavy (non-hydrogen) atoms. The number of carbonyl (C=O) groups is 3. The van der Waals surface area contributed by atoms with Crippen molar-refractivity contribution in [3.8, 4) is 0 Å². The van der Waals surface area contributed by atoms with Gasteiger partial charge in [-0.2, -0.15) is 0 Å². The van der Waals surface area contributed by atoms with Gasteiger partial charge >= 0.3 is 5.97 Å². The molecule has 0 aliphatic rings. The van der Waals surface area contributed by atoms with Crippen LogP contribution in [0.5, 0.6) is 0 Å². The molecule has 1 rings (SSSR count). The van der Waals surface area contributed by atoms with Gasteiger partial charge in [-0.05, 0) is 67.8 Å². The summed E-state index contributed by atoms with van der Waals surface area (Å²) < 4.78 is 1.22. The highest BCUT2D eigenvalue weighted by Gasteiger charge is 2.26. The number of halogens is 3. The second-order valence-electron chi connectivity index (χ2n) is 4.09. The van der Waals surface area contributed by atoms with Crippen molar-refractivity contribution in [2.24, 2.45) is 0 Å². The number of rotatable bonds is 5. The predicted molar refractivity (Wildman–Crippen MR) is 107 cm³/mol. The maximum atomic E-state index is 12.3. The SMILES string of the molecule is CNC(=O)CCNC(=O)c1c(I)c(N)c(I)c(C(=O)O)c1I. The standard InChI is InChI=1S/C12H12I3N3O4/c1-17-4(19)2-3-18-11(20)5-7(13)6(12(21)22)9(15)10(16)8(5)14/h2-3,16H2,1H3,(H,17,19)(H,18,20)(H,21,22). The zero-order valence-corrected chi connectivity index (χ0v) is 17.8. The van der Waals surface area contributed by atoms with Crippen LogP contribution in [0.1, 0.15) is 27.1 Å². The molecule has 0 spiro atoms. The zero-order valence-electron chi connectivity index (χ0n) is 11.3. The number of carbonyl (C=O) groups excluding carboxylic acids is 2. The van der Waals surface area contributed by atoms with Crippen LogP contribution >= 0.6 is 67.8 Å². The van der Waals surface area contributed by atoms with Crippen molar-refractivity contribution in [2.75, 3.05) is 19.3 Å². The summed E-state index contributed by atoms with van der Waals surface area (Å²) in [5.41, 5.74) is 6.39. The Bertz CT molecular complexity index is 649. The highest BCUT2D eigenvalue weighted by atomic mass is 127. The van der Waals surface area contributed by atoms with Crippen molar-refractivity contribution in [1.82, 2.24) is 10.6 Å². The normalized spacial score (nSPS) is 10.2. The van der Waals surface area contributed by atoms with Crippen LogP contribution in [0.15, 0.2) is 0 Å². The molecule has 5 N–H and O–H groups in total. The van der Waals surface area contributed by atoms with Crippen molar-refractivity contribution in [1.29, 1.82) is 0 Å². The first-order valence-electron chi connectivity index (χ1n) is 5.90. The van der Waals surface area contributed by atoms with E-state index < -0.39 is 11.9 Å². The number of carboxylic acids is 1. The molecule has 120 valence electrons. The summed E-state index contributed by atoms with van der Waals surface area (Å²) in [6, 6.07) is 0. The molecule has 0 radical (unpaired) electrons. The second kappa shape index (κ2) is 8.47. The van der Waals surface area contributed by atoms with Gasteiger partial charge in [-0.25, -0.2) is 4.79 Å².